The van der Waals surface area contributed by atoms with Crippen LogP contribution in [0.2, 0.25) is 0 Å². The fourth-order valence-electron chi connectivity index (χ4n) is 4.76. The number of benzene rings is 2. The van der Waals surface area contributed by atoms with Gasteiger partial charge in [0.05, 0.1) is 24.1 Å². The predicted molar refractivity (Wildman–Crippen MR) is 158 cm³/mol. The third-order valence-corrected chi connectivity index (χ3v) is 7.36. The number of ether oxygens (including phenoxy) is 1. The number of aliphatic hydroxyl groups is 1. The van der Waals surface area contributed by atoms with Gasteiger partial charge in [-0.2, -0.15) is 4.98 Å². The third kappa shape index (κ3) is 6.42. The Bertz CT molecular complexity index is 1500. The van der Waals surface area contributed by atoms with Gasteiger partial charge in [0.1, 0.15) is 12.1 Å². The van der Waals surface area contributed by atoms with E-state index >= 15 is 0 Å². The first-order chi connectivity index (χ1) is 19.8. The van der Waals surface area contributed by atoms with Crippen LogP contribution in [0.3, 0.4) is 0 Å². The van der Waals surface area contributed by atoms with Crippen molar-refractivity contribution in [3.63, 3.8) is 0 Å². The van der Waals surface area contributed by atoms with Gasteiger partial charge in [0.25, 0.3) is 0 Å². The normalized spacial score (nSPS) is 16.0. The van der Waals surface area contributed by atoms with Gasteiger partial charge < -0.3 is 36.0 Å². The average molecular weight is 583 g/mol. The maximum absolute atomic E-state index is 14.1. The molecular weight excluding hydrogens is 546 g/mol. The van der Waals surface area contributed by atoms with Crippen molar-refractivity contribution in [2.45, 2.75) is 38.3 Å². The van der Waals surface area contributed by atoms with Crippen molar-refractivity contribution in [2.24, 2.45) is 5.73 Å². The van der Waals surface area contributed by atoms with Gasteiger partial charge in [-0.25, -0.2) is 18.7 Å². The van der Waals surface area contributed by atoms with Crippen LogP contribution < -0.4 is 26.0 Å². The zero-order chi connectivity index (χ0) is 30.8. The van der Waals surface area contributed by atoms with E-state index in [1.807, 2.05) is 20.2 Å². The Hall–Kier alpha value is -4.36. The van der Waals surface area contributed by atoms with Crippen molar-refractivity contribution in [1.82, 2.24) is 19.9 Å². The van der Waals surface area contributed by atoms with Gasteiger partial charge in [0, 0.05) is 53.7 Å². The molecule has 1 aliphatic rings. The number of nitrogens with two attached hydrogens (primary N) is 1. The quantitative estimate of drug-likeness (QED) is 0.232. The number of likely N-dealkylation sites (N-methyl/N-ethyl adjacent to an activating group) is 1. The highest BCUT2D eigenvalue weighted by Gasteiger charge is 2.32. The Morgan fingerprint density at radius 2 is 1.83 bits per heavy atom. The smallest absolute Gasteiger partial charge is 0.248 e. The second-order valence-electron chi connectivity index (χ2n) is 10.6. The van der Waals surface area contributed by atoms with Crippen LogP contribution in [-0.2, 0) is 10.4 Å². The predicted octanol–water partition coefficient (Wildman–Crippen LogP) is 3.90. The summed E-state index contributed by atoms with van der Waals surface area (Å²) in [6.45, 7) is 8.77. The number of amides is 1. The molecule has 4 rings (SSSR count). The highest BCUT2D eigenvalue weighted by Crippen LogP contribution is 2.41. The Labute approximate surface area is 243 Å². The molecule has 1 amide bonds. The SMILES string of the molecule is C=C(C(N)=O)c1cc(Nc2ncnc(Nc3cc(F)c(F)cc3C(C)(O)CC)n2)c(OC)cc1N1CC[C@@H]1CN(C)C. The molecule has 0 aliphatic carbocycles. The molecule has 1 unspecified atom stereocenters. The number of hydrogen-bond donors (Lipinski definition) is 4. The molecule has 224 valence electrons. The molecule has 1 fully saturated rings. The number of halogens is 2. The number of anilines is 5. The molecule has 13 heteroatoms. The van der Waals surface area contributed by atoms with E-state index in [4.69, 9.17) is 10.5 Å². The van der Waals surface area contributed by atoms with E-state index in [0.717, 1.165) is 37.3 Å². The topological polar surface area (TPSA) is 142 Å². The van der Waals surface area contributed by atoms with E-state index in [9.17, 15) is 18.7 Å². The number of methoxy groups -OCH3 is 1. The lowest BCUT2D eigenvalue weighted by Gasteiger charge is -2.45. The minimum Gasteiger partial charge on any atom is -0.494 e. The van der Waals surface area contributed by atoms with Gasteiger partial charge >= 0.3 is 0 Å². The summed E-state index contributed by atoms with van der Waals surface area (Å²) in [6.07, 6.45) is 2.47. The van der Waals surface area contributed by atoms with Crippen LogP contribution in [-0.4, -0.2) is 71.2 Å². The van der Waals surface area contributed by atoms with Crippen LogP contribution in [0.15, 0.2) is 37.2 Å². The summed E-state index contributed by atoms with van der Waals surface area (Å²) >= 11 is 0. The van der Waals surface area contributed by atoms with Crippen LogP contribution >= 0.6 is 0 Å². The molecule has 0 saturated carbocycles. The van der Waals surface area contributed by atoms with Gasteiger partial charge in [-0.3, -0.25) is 4.79 Å². The summed E-state index contributed by atoms with van der Waals surface area (Å²) in [7, 11) is 5.53. The summed E-state index contributed by atoms with van der Waals surface area (Å²) in [5, 5.41) is 16.7. The Kier molecular flexibility index (Phi) is 8.92. The van der Waals surface area contributed by atoms with E-state index in [0.29, 0.717) is 17.0 Å². The first-order valence-electron chi connectivity index (χ1n) is 13.4. The minimum atomic E-state index is -1.44. The Morgan fingerprint density at radius 1 is 1.19 bits per heavy atom. The zero-order valence-corrected chi connectivity index (χ0v) is 24.3. The van der Waals surface area contributed by atoms with Crippen LogP contribution in [0, 0.1) is 11.6 Å². The summed E-state index contributed by atoms with van der Waals surface area (Å²) < 4.78 is 33.9. The first kappa shape index (κ1) is 30.6. The molecule has 3 aromatic rings. The van der Waals surface area contributed by atoms with Crippen molar-refractivity contribution in [3.05, 3.63) is 59.9 Å². The molecule has 42 heavy (non-hydrogen) atoms. The molecule has 11 nitrogen and oxygen atoms in total. The Morgan fingerprint density at radius 3 is 2.38 bits per heavy atom. The second kappa shape index (κ2) is 12.2. The van der Waals surface area contributed by atoms with Crippen molar-refractivity contribution >= 4 is 40.4 Å². The molecule has 2 heterocycles. The zero-order valence-electron chi connectivity index (χ0n) is 24.3. The molecule has 0 radical (unpaired) electrons. The number of nitrogens with zero attached hydrogens (tertiary/aromatic N) is 5. The van der Waals surface area contributed by atoms with Gasteiger partial charge in [-0.1, -0.05) is 13.5 Å². The van der Waals surface area contributed by atoms with Gasteiger partial charge in [0.2, 0.25) is 17.8 Å². The third-order valence-electron chi connectivity index (χ3n) is 7.36. The second-order valence-corrected chi connectivity index (χ2v) is 10.6. The minimum absolute atomic E-state index is 0.0103. The summed E-state index contributed by atoms with van der Waals surface area (Å²) in [5.41, 5.74) is 6.30. The molecule has 2 aromatic carbocycles. The van der Waals surface area contributed by atoms with Crippen LogP contribution in [0.4, 0.5) is 37.7 Å². The number of primary amides is 1. The largest absolute Gasteiger partial charge is 0.494 e. The highest BCUT2D eigenvalue weighted by atomic mass is 19.2. The van der Waals surface area contributed by atoms with E-state index in [1.165, 1.54) is 20.4 Å². The van der Waals surface area contributed by atoms with E-state index in [2.05, 4.69) is 42.0 Å². The monoisotopic (exact) mass is 582 g/mol. The molecule has 1 aliphatic heterocycles. The number of nitrogens with one attached hydrogen (secondary N) is 2. The lowest BCUT2D eigenvalue weighted by atomic mass is 9.91. The lowest BCUT2D eigenvalue weighted by molar-refractivity contribution is -0.112. The maximum Gasteiger partial charge on any atom is 0.248 e. The highest BCUT2D eigenvalue weighted by molar-refractivity contribution is 6.19. The molecule has 1 aromatic heterocycles. The Balaban J connectivity index is 1.69. The number of aromatic nitrogens is 3. The summed E-state index contributed by atoms with van der Waals surface area (Å²) in [4.78, 5) is 29.1. The van der Waals surface area contributed by atoms with E-state index in [-0.39, 0.29) is 41.2 Å². The van der Waals surface area contributed by atoms with Crippen LogP contribution in [0.1, 0.15) is 37.8 Å². The van der Waals surface area contributed by atoms with E-state index in [1.54, 1.807) is 13.0 Å². The van der Waals surface area contributed by atoms with Gasteiger partial charge in [-0.05, 0) is 46.0 Å². The molecular formula is C29H36F2N8O3. The average Bonchev–Trinajstić information content (AvgIpc) is 2.93. The van der Waals surface area contributed by atoms with Crippen molar-refractivity contribution in [2.75, 3.05) is 49.8 Å². The fraction of sp³-hybridized carbons (Fsp3) is 0.379. The number of carbonyl (C=O) groups is 1. The molecule has 2 atom stereocenters. The van der Waals surface area contributed by atoms with Crippen molar-refractivity contribution in [3.8, 4) is 5.75 Å². The van der Waals surface area contributed by atoms with Crippen molar-refractivity contribution in [1.29, 1.82) is 0 Å². The summed E-state index contributed by atoms with van der Waals surface area (Å²) in [5.74, 6) is -2.28. The molecule has 0 spiro atoms. The number of rotatable bonds is 12. The molecule has 1 saturated heterocycles. The molecule has 0 bridgehead atoms. The lowest BCUT2D eigenvalue weighted by Crippen LogP contribution is -2.53. The summed E-state index contributed by atoms with van der Waals surface area (Å²) in [6, 6.07) is 5.65. The van der Waals surface area contributed by atoms with Crippen LogP contribution in [0.5, 0.6) is 5.75 Å². The number of hydrogen-bond acceptors (Lipinski definition) is 10. The fourth-order valence-corrected chi connectivity index (χ4v) is 4.76. The van der Waals surface area contributed by atoms with Crippen LogP contribution in [0.25, 0.3) is 5.57 Å². The number of carbonyl (C=O) groups excluding carboxylic acids is 1. The molecule has 5 N–H and O–H groups in total. The maximum atomic E-state index is 14.1. The van der Waals surface area contributed by atoms with E-state index < -0.39 is 23.1 Å². The van der Waals surface area contributed by atoms with Gasteiger partial charge in [-0.15, -0.1) is 0 Å². The first-order valence-corrected chi connectivity index (χ1v) is 13.4. The standard InChI is InChI=1S/C29H36F2N8O3/c1-7-29(3,41)19-11-20(30)21(31)12-22(19)35-27-33-15-34-28(37-27)36-23-10-18(16(2)26(32)40)24(13-25(23)42-6)39-9-8-17(39)14-38(4)5/h10-13,15,17,41H,2,7-9,14H2,1,3-6H3,(H2,32,40)(H2,33,34,35,36,37)/t17-,29?/m1/s1. The van der Waals surface area contributed by atoms with Crippen molar-refractivity contribution < 1.29 is 23.4 Å². The van der Waals surface area contributed by atoms with Gasteiger partial charge in [0.15, 0.2) is 11.6 Å².